The molecule has 1 aliphatic rings. The van der Waals surface area contributed by atoms with E-state index in [9.17, 15) is 0 Å². The average Bonchev–Trinajstić information content (AvgIpc) is 2.29. The SMILES string of the molecule is CCCCCC(CCC1CC(C)CC(C)(C)C1)C(C)(C)N.I. The van der Waals surface area contributed by atoms with Crippen molar-refractivity contribution < 1.29 is 0 Å². The van der Waals surface area contributed by atoms with Crippen molar-refractivity contribution in [2.75, 3.05) is 0 Å². The molecular formula is C20H42IN. The molecule has 2 N–H and O–H groups in total. The maximum Gasteiger partial charge on any atom is 0.0125 e. The van der Waals surface area contributed by atoms with E-state index in [2.05, 4.69) is 41.5 Å². The highest BCUT2D eigenvalue weighted by Gasteiger charge is 2.33. The summed E-state index contributed by atoms with van der Waals surface area (Å²) in [4.78, 5) is 0. The Morgan fingerprint density at radius 3 is 2.27 bits per heavy atom. The van der Waals surface area contributed by atoms with Crippen LogP contribution in [0.15, 0.2) is 0 Å². The Morgan fingerprint density at radius 2 is 1.77 bits per heavy atom. The van der Waals surface area contributed by atoms with Gasteiger partial charge in [-0.25, -0.2) is 0 Å². The molecule has 2 heteroatoms. The van der Waals surface area contributed by atoms with Crippen LogP contribution in [0.4, 0.5) is 0 Å². The summed E-state index contributed by atoms with van der Waals surface area (Å²) in [6, 6.07) is 0. The first-order valence-electron chi connectivity index (χ1n) is 9.43. The second-order valence-electron chi connectivity index (χ2n) is 9.37. The van der Waals surface area contributed by atoms with E-state index in [1.54, 1.807) is 0 Å². The van der Waals surface area contributed by atoms with E-state index in [4.69, 9.17) is 5.73 Å². The predicted molar refractivity (Wildman–Crippen MR) is 111 cm³/mol. The van der Waals surface area contributed by atoms with Crippen LogP contribution in [0.25, 0.3) is 0 Å². The third kappa shape index (κ3) is 8.52. The third-order valence-corrected chi connectivity index (χ3v) is 5.61. The van der Waals surface area contributed by atoms with Gasteiger partial charge < -0.3 is 5.73 Å². The Bertz CT molecular complexity index is 293. The van der Waals surface area contributed by atoms with Crippen molar-refractivity contribution in [2.45, 2.75) is 105 Å². The van der Waals surface area contributed by atoms with Gasteiger partial charge in [-0.1, -0.05) is 53.4 Å². The van der Waals surface area contributed by atoms with Crippen molar-refractivity contribution in [1.29, 1.82) is 0 Å². The van der Waals surface area contributed by atoms with Crippen molar-refractivity contribution in [3.05, 3.63) is 0 Å². The average molecular weight is 423 g/mol. The fourth-order valence-corrected chi connectivity index (χ4v) is 4.73. The maximum atomic E-state index is 6.46. The maximum absolute atomic E-state index is 6.46. The molecule has 0 radical (unpaired) electrons. The van der Waals surface area contributed by atoms with Gasteiger partial charge in [0.15, 0.2) is 0 Å². The van der Waals surface area contributed by atoms with Crippen LogP contribution in [0.2, 0.25) is 0 Å². The largest absolute Gasteiger partial charge is 0.325 e. The van der Waals surface area contributed by atoms with Gasteiger partial charge in [0.05, 0.1) is 0 Å². The molecule has 1 fully saturated rings. The molecule has 1 nitrogen and oxygen atoms in total. The van der Waals surface area contributed by atoms with Gasteiger partial charge in [-0.3, -0.25) is 0 Å². The first-order valence-corrected chi connectivity index (χ1v) is 9.43. The van der Waals surface area contributed by atoms with Gasteiger partial charge in [0, 0.05) is 5.54 Å². The van der Waals surface area contributed by atoms with Crippen molar-refractivity contribution in [1.82, 2.24) is 0 Å². The molecule has 22 heavy (non-hydrogen) atoms. The van der Waals surface area contributed by atoms with Crippen molar-refractivity contribution in [2.24, 2.45) is 28.9 Å². The normalized spacial score (nSPS) is 26.3. The minimum absolute atomic E-state index is 0. The van der Waals surface area contributed by atoms with Crippen LogP contribution in [-0.2, 0) is 0 Å². The molecule has 0 saturated heterocycles. The summed E-state index contributed by atoms with van der Waals surface area (Å²) >= 11 is 0. The number of nitrogens with two attached hydrogens (primary N) is 1. The summed E-state index contributed by atoms with van der Waals surface area (Å²) in [7, 11) is 0. The zero-order valence-corrected chi connectivity index (χ0v) is 18.4. The van der Waals surface area contributed by atoms with Crippen molar-refractivity contribution in [3.8, 4) is 0 Å². The molecule has 0 aliphatic heterocycles. The van der Waals surface area contributed by atoms with Gasteiger partial charge >= 0.3 is 0 Å². The van der Waals surface area contributed by atoms with Gasteiger partial charge in [0.1, 0.15) is 0 Å². The van der Waals surface area contributed by atoms with E-state index in [1.807, 2.05) is 0 Å². The number of hydrogen-bond donors (Lipinski definition) is 1. The van der Waals surface area contributed by atoms with Crippen LogP contribution in [0.5, 0.6) is 0 Å². The molecule has 0 heterocycles. The Morgan fingerprint density at radius 1 is 1.14 bits per heavy atom. The molecule has 0 spiro atoms. The van der Waals surface area contributed by atoms with E-state index in [-0.39, 0.29) is 29.5 Å². The van der Waals surface area contributed by atoms with E-state index in [0.717, 1.165) is 11.8 Å². The zero-order chi connectivity index (χ0) is 16.1. The van der Waals surface area contributed by atoms with Crippen molar-refractivity contribution >= 4 is 24.0 Å². The summed E-state index contributed by atoms with van der Waals surface area (Å²) in [6.45, 7) is 14.1. The molecule has 1 aliphatic carbocycles. The molecule has 3 unspecified atom stereocenters. The number of halogens is 1. The predicted octanol–water partition coefficient (Wildman–Crippen LogP) is 6.78. The Balaban J connectivity index is 0.00000441. The standard InChI is InChI=1S/C20H41N.HI/c1-7-8-9-10-18(20(5,6)21)12-11-17-13-16(2)14-19(3,4)15-17;/h16-18H,7-15,21H2,1-6H3;1H. The lowest BCUT2D eigenvalue weighted by molar-refractivity contribution is 0.117. The molecule has 134 valence electrons. The van der Waals surface area contributed by atoms with Crippen LogP contribution in [-0.4, -0.2) is 5.54 Å². The molecule has 1 saturated carbocycles. The van der Waals surface area contributed by atoms with Crippen LogP contribution in [0, 0.1) is 23.2 Å². The highest BCUT2D eigenvalue weighted by atomic mass is 127. The summed E-state index contributed by atoms with van der Waals surface area (Å²) in [5.74, 6) is 2.53. The summed E-state index contributed by atoms with van der Waals surface area (Å²) < 4.78 is 0. The van der Waals surface area contributed by atoms with Crippen LogP contribution < -0.4 is 5.73 Å². The zero-order valence-electron chi connectivity index (χ0n) is 16.1. The molecule has 0 aromatic rings. The number of unbranched alkanes of at least 4 members (excludes halogenated alkanes) is 2. The fraction of sp³-hybridized carbons (Fsp3) is 1.00. The Hall–Kier alpha value is 0.690. The molecular weight excluding hydrogens is 381 g/mol. The van der Waals surface area contributed by atoms with Crippen LogP contribution in [0.3, 0.4) is 0 Å². The topological polar surface area (TPSA) is 26.0 Å². The highest BCUT2D eigenvalue weighted by Crippen LogP contribution is 2.44. The quantitative estimate of drug-likeness (QED) is 0.338. The van der Waals surface area contributed by atoms with Gasteiger partial charge in [-0.15, -0.1) is 24.0 Å². The fourth-order valence-electron chi connectivity index (χ4n) is 4.73. The first-order chi connectivity index (χ1) is 9.64. The molecule has 0 bridgehead atoms. The summed E-state index contributed by atoms with van der Waals surface area (Å²) in [6.07, 6.45) is 12.3. The van der Waals surface area contributed by atoms with E-state index >= 15 is 0 Å². The van der Waals surface area contributed by atoms with Gasteiger partial charge in [-0.05, 0) is 69.1 Å². The lowest BCUT2D eigenvalue weighted by Gasteiger charge is -2.40. The smallest absolute Gasteiger partial charge is 0.0125 e. The van der Waals surface area contributed by atoms with Gasteiger partial charge in [0.2, 0.25) is 0 Å². The molecule has 0 amide bonds. The first kappa shape index (κ1) is 22.7. The molecule has 1 rings (SSSR count). The minimum atomic E-state index is -0.0104. The third-order valence-electron chi connectivity index (χ3n) is 5.61. The second kappa shape index (κ2) is 9.86. The molecule has 3 atom stereocenters. The van der Waals surface area contributed by atoms with Crippen LogP contribution >= 0.6 is 24.0 Å². The summed E-state index contributed by atoms with van der Waals surface area (Å²) in [5, 5.41) is 0. The van der Waals surface area contributed by atoms with E-state index < -0.39 is 0 Å². The monoisotopic (exact) mass is 423 g/mol. The number of hydrogen-bond acceptors (Lipinski definition) is 1. The second-order valence-corrected chi connectivity index (χ2v) is 9.37. The number of rotatable bonds is 8. The molecule has 0 aromatic carbocycles. The highest BCUT2D eigenvalue weighted by molar-refractivity contribution is 14.0. The van der Waals surface area contributed by atoms with Gasteiger partial charge in [-0.2, -0.15) is 0 Å². The van der Waals surface area contributed by atoms with Crippen LogP contribution in [0.1, 0.15) is 99.3 Å². The van der Waals surface area contributed by atoms with E-state index in [1.165, 1.54) is 57.8 Å². The Labute approximate surface area is 157 Å². The van der Waals surface area contributed by atoms with E-state index in [0.29, 0.717) is 11.3 Å². The minimum Gasteiger partial charge on any atom is -0.325 e. The lowest BCUT2D eigenvalue weighted by Crippen LogP contribution is -2.41. The van der Waals surface area contributed by atoms with Gasteiger partial charge in [0.25, 0.3) is 0 Å². The van der Waals surface area contributed by atoms with Crippen molar-refractivity contribution in [3.63, 3.8) is 0 Å². The summed E-state index contributed by atoms with van der Waals surface area (Å²) in [5.41, 5.74) is 7.00. The molecule has 0 aromatic heterocycles. The Kier molecular flexibility index (Phi) is 10.2. The lowest BCUT2D eigenvalue weighted by atomic mass is 9.66.